The van der Waals surface area contributed by atoms with E-state index in [-0.39, 0.29) is 18.9 Å². The van der Waals surface area contributed by atoms with Gasteiger partial charge in [-0.05, 0) is 25.1 Å². The summed E-state index contributed by atoms with van der Waals surface area (Å²) in [5, 5.41) is 11.1. The van der Waals surface area contributed by atoms with Crippen LogP contribution in [0.5, 0.6) is 5.75 Å². The highest BCUT2D eigenvalue weighted by molar-refractivity contribution is 7.13. The van der Waals surface area contributed by atoms with Crippen LogP contribution < -0.4 is 10.5 Å². The van der Waals surface area contributed by atoms with Gasteiger partial charge in [0.25, 0.3) is 0 Å². The molecule has 7 heteroatoms. The first-order valence-electron chi connectivity index (χ1n) is 6.42. The smallest absolute Gasteiger partial charge is 0.357 e. The number of ether oxygens (including phenoxy) is 2. The molecule has 0 unspecified atom stereocenters. The quantitative estimate of drug-likeness (QED) is 0.625. The Hall–Kier alpha value is -2.12. The molecule has 0 bridgehead atoms. The highest BCUT2D eigenvalue weighted by Gasteiger charge is 2.13. The van der Waals surface area contributed by atoms with Gasteiger partial charge in [0, 0.05) is 10.9 Å². The van der Waals surface area contributed by atoms with Gasteiger partial charge >= 0.3 is 5.97 Å². The SMILES string of the molecule is CCOC(=O)c1csc(-c2ccc(OCCO)c(N)c2)n1. The van der Waals surface area contributed by atoms with Gasteiger partial charge in [-0.25, -0.2) is 9.78 Å². The van der Waals surface area contributed by atoms with Crippen LogP contribution in [0.2, 0.25) is 0 Å². The Kier molecular flexibility index (Phi) is 5.13. The van der Waals surface area contributed by atoms with E-state index in [0.717, 1.165) is 5.56 Å². The Balaban J connectivity index is 2.19. The number of aromatic nitrogens is 1. The number of aliphatic hydroxyl groups is 1. The van der Waals surface area contributed by atoms with Crippen molar-refractivity contribution < 1.29 is 19.4 Å². The maximum Gasteiger partial charge on any atom is 0.357 e. The predicted octanol–water partition coefficient (Wildman–Crippen LogP) is 1.94. The first-order chi connectivity index (χ1) is 10.2. The first kappa shape index (κ1) is 15.3. The first-order valence-corrected chi connectivity index (χ1v) is 7.30. The van der Waals surface area contributed by atoms with E-state index in [1.165, 1.54) is 11.3 Å². The Labute approximate surface area is 126 Å². The van der Waals surface area contributed by atoms with Crippen molar-refractivity contribution in [2.75, 3.05) is 25.6 Å². The Bertz CT molecular complexity index is 627. The molecule has 112 valence electrons. The van der Waals surface area contributed by atoms with E-state index in [1.54, 1.807) is 30.5 Å². The summed E-state index contributed by atoms with van der Waals surface area (Å²) in [5.74, 6) is 0.0749. The number of benzene rings is 1. The van der Waals surface area contributed by atoms with E-state index in [0.29, 0.717) is 23.1 Å². The second-order valence-corrected chi connectivity index (χ2v) is 4.94. The molecule has 21 heavy (non-hydrogen) atoms. The molecule has 2 aromatic rings. The third-order valence-corrected chi connectivity index (χ3v) is 3.49. The average Bonchev–Trinajstić information content (AvgIpc) is 2.96. The Morgan fingerprint density at radius 3 is 2.95 bits per heavy atom. The largest absolute Gasteiger partial charge is 0.489 e. The molecule has 0 aliphatic rings. The molecule has 0 fully saturated rings. The molecule has 0 atom stereocenters. The minimum absolute atomic E-state index is 0.0728. The molecule has 0 spiro atoms. The number of nitrogens with two attached hydrogens (primary N) is 1. The van der Waals surface area contributed by atoms with Crippen LogP contribution in [0.1, 0.15) is 17.4 Å². The molecule has 3 N–H and O–H groups in total. The van der Waals surface area contributed by atoms with Gasteiger partial charge in [-0.1, -0.05) is 0 Å². The molecule has 2 rings (SSSR count). The third-order valence-electron chi connectivity index (χ3n) is 2.59. The number of aliphatic hydroxyl groups excluding tert-OH is 1. The van der Waals surface area contributed by atoms with Crippen LogP contribution in [-0.4, -0.2) is 35.9 Å². The molecule has 0 aliphatic carbocycles. The fraction of sp³-hybridized carbons (Fsp3) is 0.286. The number of hydrogen-bond donors (Lipinski definition) is 2. The van der Waals surface area contributed by atoms with Gasteiger partial charge in [0.05, 0.1) is 18.9 Å². The fourth-order valence-electron chi connectivity index (χ4n) is 1.67. The van der Waals surface area contributed by atoms with Gasteiger partial charge in [0.15, 0.2) is 5.69 Å². The Morgan fingerprint density at radius 2 is 2.29 bits per heavy atom. The number of carbonyl (C=O) groups is 1. The van der Waals surface area contributed by atoms with E-state index in [2.05, 4.69) is 4.98 Å². The summed E-state index contributed by atoms with van der Waals surface area (Å²) in [6.45, 7) is 2.18. The summed E-state index contributed by atoms with van der Waals surface area (Å²) in [5.41, 5.74) is 7.43. The van der Waals surface area contributed by atoms with Crippen molar-refractivity contribution in [3.8, 4) is 16.3 Å². The number of hydrogen-bond acceptors (Lipinski definition) is 7. The van der Waals surface area contributed by atoms with E-state index in [1.807, 2.05) is 0 Å². The number of nitrogens with zero attached hydrogens (tertiary/aromatic N) is 1. The van der Waals surface area contributed by atoms with Gasteiger partial charge < -0.3 is 20.3 Å². The highest BCUT2D eigenvalue weighted by Crippen LogP contribution is 2.30. The van der Waals surface area contributed by atoms with Crippen LogP contribution in [0.25, 0.3) is 10.6 Å². The lowest BCUT2D eigenvalue weighted by Gasteiger charge is -2.08. The van der Waals surface area contributed by atoms with E-state index in [9.17, 15) is 4.79 Å². The van der Waals surface area contributed by atoms with E-state index < -0.39 is 5.97 Å². The lowest BCUT2D eigenvalue weighted by Crippen LogP contribution is -2.05. The monoisotopic (exact) mass is 308 g/mol. The second kappa shape index (κ2) is 7.05. The van der Waals surface area contributed by atoms with Gasteiger partial charge in [-0.15, -0.1) is 11.3 Å². The minimum atomic E-state index is -0.434. The molecule has 6 nitrogen and oxygen atoms in total. The number of rotatable bonds is 6. The molecular formula is C14H16N2O4S. The van der Waals surface area contributed by atoms with Crippen LogP contribution in [0.4, 0.5) is 5.69 Å². The summed E-state index contributed by atoms with van der Waals surface area (Å²) >= 11 is 1.34. The van der Waals surface area contributed by atoms with Crippen molar-refractivity contribution in [3.63, 3.8) is 0 Å². The van der Waals surface area contributed by atoms with Gasteiger partial charge in [0.2, 0.25) is 0 Å². The molecule has 1 heterocycles. The van der Waals surface area contributed by atoms with Gasteiger partial charge in [-0.3, -0.25) is 0 Å². The topological polar surface area (TPSA) is 94.7 Å². The van der Waals surface area contributed by atoms with Crippen LogP contribution in [-0.2, 0) is 4.74 Å². The van der Waals surface area contributed by atoms with Gasteiger partial charge in [0.1, 0.15) is 17.4 Å². The maximum atomic E-state index is 11.6. The molecule has 0 saturated carbocycles. The number of carbonyl (C=O) groups excluding carboxylic acids is 1. The Morgan fingerprint density at radius 1 is 1.48 bits per heavy atom. The lowest BCUT2D eigenvalue weighted by atomic mass is 10.2. The van der Waals surface area contributed by atoms with Crippen molar-refractivity contribution in [1.29, 1.82) is 0 Å². The highest BCUT2D eigenvalue weighted by atomic mass is 32.1. The number of nitrogen functional groups attached to an aromatic ring is 1. The van der Waals surface area contributed by atoms with E-state index in [4.69, 9.17) is 20.3 Å². The molecular weight excluding hydrogens is 292 g/mol. The molecule has 0 saturated heterocycles. The molecule has 1 aromatic carbocycles. The number of anilines is 1. The van der Waals surface area contributed by atoms with Crippen molar-refractivity contribution in [2.45, 2.75) is 6.92 Å². The number of thiazole rings is 1. The summed E-state index contributed by atoms with van der Waals surface area (Å²) in [6, 6.07) is 5.24. The average molecular weight is 308 g/mol. The zero-order valence-electron chi connectivity index (χ0n) is 11.5. The summed E-state index contributed by atoms with van der Waals surface area (Å²) in [4.78, 5) is 15.8. The zero-order chi connectivity index (χ0) is 15.2. The van der Waals surface area contributed by atoms with Crippen molar-refractivity contribution in [1.82, 2.24) is 4.98 Å². The van der Waals surface area contributed by atoms with Crippen molar-refractivity contribution in [2.24, 2.45) is 0 Å². The standard InChI is InChI=1S/C14H16N2O4S/c1-2-19-14(18)11-8-21-13(16-11)9-3-4-12(10(15)7-9)20-6-5-17/h3-4,7-8,17H,2,5-6,15H2,1H3. The minimum Gasteiger partial charge on any atom is -0.489 e. The van der Waals surface area contributed by atoms with Gasteiger partial charge in [-0.2, -0.15) is 0 Å². The zero-order valence-corrected chi connectivity index (χ0v) is 12.4. The summed E-state index contributed by atoms with van der Waals surface area (Å²) in [7, 11) is 0. The summed E-state index contributed by atoms with van der Waals surface area (Å²) in [6.07, 6.45) is 0. The maximum absolute atomic E-state index is 11.6. The third kappa shape index (κ3) is 3.71. The van der Waals surface area contributed by atoms with Crippen LogP contribution in [0.15, 0.2) is 23.6 Å². The molecule has 0 amide bonds. The second-order valence-electron chi connectivity index (χ2n) is 4.08. The lowest BCUT2D eigenvalue weighted by molar-refractivity contribution is 0.0520. The van der Waals surface area contributed by atoms with Crippen LogP contribution in [0.3, 0.4) is 0 Å². The van der Waals surface area contributed by atoms with Crippen molar-refractivity contribution >= 4 is 23.0 Å². The number of esters is 1. The normalized spacial score (nSPS) is 10.4. The fourth-order valence-corrected chi connectivity index (χ4v) is 2.46. The molecule has 1 aromatic heterocycles. The van der Waals surface area contributed by atoms with Crippen LogP contribution in [0, 0.1) is 0 Å². The molecule has 0 radical (unpaired) electrons. The predicted molar refractivity (Wildman–Crippen MR) is 80.5 cm³/mol. The molecule has 0 aliphatic heterocycles. The summed E-state index contributed by atoms with van der Waals surface area (Å²) < 4.78 is 10.2. The van der Waals surface area contributed by atoms with Crippen LogP contribution >= 0.6 is 11.3 Å². The van der Waals surface area contributed by atoms with Crippen molar-refractivity contribution in [3.05, 3.63) is 29.3 Å². The van der Waals surface area contributed by atoms with E-state index >= 15 is 0 Å².